The summed E-state index contributed by atoms with van der Waals surface area (Å²) in [6, 6.07) is 8.16. The van der Waals surface area contributed by atoms with Crippen LogP contribution in [-0.2, 0) is 6.54 Å². The predicted octanol–water partition coefficient (Wildman–Crippen LogP) is 2.00. The number of nitriles is 1. The zero-order valence-corrected chi connectivity index (χ0v) is 11.0. The van der Waals surface area contributed by atoms with Crippen LogP contribution in [0.4, 0.5) is 0 Å². The van der Waals surface area contributed by atoms with Crippen molar-refractivity contribution in [2.45, 2.75) is 18.4 Å². The molecular weight excluding hydrogens is 232 g/mol. The highest BCUT2D eigenvalue weighted by Gasteiger charge is 2.06. The van der Waals surface area contributed by atoms with Gasteiger partial charge < -0.3 is 10.4 Å². The van der Waals surface area contributed by atoms with E-state index in [1.54, 1.807) is 11.8 Å². The molecule has 1 atom stereocenters. The number of aliphatic hydroxyl groups excluding tert-OH is 1. The lowest BCUT2D eigenvalue weighted by atomic mass is 10.1. The third-order valence-corrected chi connectivity index (χ3v) is 3.78. The van der Waals surface area contributed by atoms with E-state index in [1.807, 2.05) is 32.2 Å². The lowest BCUT2D eigenvalue weighted by molar-refractivity contribution is 0.250. The molecule has 0 aromatic heterocycles. The summed E-state index contributed by atoms with van der Waals surface area (Å²) >= 11 is 1.63. The standard InChI is InChI=1S/C13H18N2OS/c1-10(8-16)9-17-13-4-3-11(7-15-2)5-12(13)6-14/h3-5,10,15-16H,7-9H2,1-2H3. The smallest absolute Gasteiger partial charge is 0.100 e. The summed E-state index contributed by atoms with van der Waals surface area (Å²) in [6.07, 6.45) is 0. The highest BCUT2D eigenvalue weighted by atomic mass is 32.2. The second-order valence-corrected chi connectivity index (χ2v) is 5.13. The van der Waals surface area contributed by atoms with E-state index in [2.05, 4.69) is 11.4 Å². The van der Waals surface area contributed by atoms with Crippen molar-refractivity contribution in [3.8, 4) is 6.07 Å². The van der Waals surface area contributed by atoms with E-state index in [0.29, 0.717) is 5.56 Å². The summed E-state index contributed by atoms with van der Waals surface area (Å²) in [5.41, 5.74) is 1.83. The van der Waals surface area contributed by atoms with Crippen molar-refractivity contribution in [2.24, 2.45) is 5.92 Å². The molecule has 0 bridgehead atoms. The number of thioether (sulfide) groups is 1. The predicted molar refractivity (Wildman–Crippen MR) is 70.9 cm³/mol. The van der Waals surface area contributed by atoms with E-state index >= 15 is 0 Å². The topological polar surface area (TPSA) is 56.0 Å². The van der Waals surface area contributed by atoms with Gasteiger partial charge >= 0.3 is 0 Å². The minimum absolute atomic E-state index is 0.187. The molecule has 0 fully saturated rings. The van der Waals surface area contributed by atoms with E-state index in [1.165, 1.54) is 0 Å². The lowest BCUT2D eigenvalue weighted by Gasteiger charge is -2.09. The van der Waals surface area contributed by atoms with Crippen LogP contribution in [0.1, 0.15) is 18.1 Å². The van der Waals surface area contributed by atoms with Gasteiger partial charge in [-0.3, -0.25) is 0 Å². The average molecular weight is 250 g/mol. The highest BCUT2D eigenvalue weighted by molar-refractivity contribution is 7.99. The Bertz CT molecular complexity index is 401. The molecule has 1 unspecified atom stereocenters. The van der Waals surface area contributed by atoms with Crippen LogP contribution in [0.15, 0.2) is 23.1 Å². The quantitative estimate of drug-likeness (QED) is 0.758. The third kappa shape index (κ3) is 4.39. The summed E-state index contributed by atoms with van der Waals surface area (Å²) in [4.78, 5) is 0.993. The Morgan fingerprint density at radius 1 is 1.53 bits per heavy atom. The van der Waals surface area contributed by atoms with Gasteiger partial charge in [-0.25, -0.2) is 0 Å². The van der Waals surface area contributed by atoms with Crippen LogP contribution >= 0.6 is 11.8 Å². The van der Waals surface area contributed by atoms with E-state index < -0.39 is 0 Å². The van der Waals surface area contributed by atoms with Crippen molar-refractivity contribution in [2.75, 3.05) is 19.4 Å². The first-order valence-corrected chi connectivity index (χ1v) is 6.61. The van der Waals surface area contributed by atoms with Crippen LogP contribution in [0.5, 0.6) is 0 Å². The minimum Gasteiger partial charge on any atom is -0.396 e. The molecule has 0 amide bonds. The number of aliphatic hydroxyl groups is 1. The fraction of sp³-hybridized carbons (Fsp3) is 0.462. The molecular formula is C13H18N2OS. The largest absolute Gasteiger partial charge is 0.396 e. The molecule has 1 aromatic carbocycles. The Morgan fingerprint density at radius 2 is 2.29 bits per heavy atom. The summed E-state index contributed by atoms with van der Waals surface area (Å²) in [6.45, 7) is 2.95. The van der Waals surface area contributed by atoms with Gasteiger partial charge in [0.15, 0.2) is 0 Å². The van der Waals surface area contributed by atoms with Crippen molar-refractivity contribution in [1.29, 1.82) is 5.26 Å². The number of hydrogen-bond donors (Lipinski definition) is 2. The second-order valence-electron chi connectivity index (χ2n) is 4.07. The van der Waals surface area contributed by atoms with Crippen molar-refractivity contribution >= 4 is 11.8 Å². The van der Waals surface area contributed by atoms with Crippen LogP contribution in [0.25, 0.3) is 0 Å². The van der Waals surface area contributed by atoms with Gasteiger partial charge in [0.05, 0.1) is 5.56 Å². The Hall–Kier alpha value is -1.02. The summed E-state index contributed by atoms with van der Waals surface area (Å²) < 4.78 is 0. The maximum Gasteiger partial charge on any atom is 0.100 e. The first kappa shape index (κ1) is 14.0. The second kappa shape index (κ2) is 7.33. The normalized spacial score (nSPS) is 12.1. The molecule has 1 rings (SSSR count). The van der Waals surface area contributed by atoms with Crippen molar-refractivity contribution < 1.29 is 5.11 Å². The van der Waals surface area contributed by atoms with Gasteiger partial charge in [0.25, 0.3) is 0 Å². The third-order valence-electron chi connectivity index (χ3n) is 2.38. The zero-order valence-electron chi connectivity index (χ0n) is 10.2. The fourth-order valence-corrected chi connectivity index (χ4v) is 2.38. The number of nitrogens with zero attached hydrogens (tertiary/aromatic N) is 1. The minimum atomic E-state index is 0.187. The molecule has 4 heteroatoms. The Kier molecular flexibility index (Phi) is 6.06. The molecule has 17 heavy (non-hydrogen) atoms. The van der Waals surface area contributed by atoms with Gasteiger partial charge in [-0.1, -0.05) is 13.0 Å². The monoisotopic (exact) mass is 250 g/mol. The van der Waals surface area contributed by atoms with Crippen LogP contribution in [0.3, 0.4) is 0 Å². The first-order chi connectivity index (χ1) is 8.21. The number of benzene rings is 1. The Morgan fingerprint density at radius 3 is 2.88 bits per heavy atom. The highest BCUT2D eigenvalue weighted by Crippen LogP contribution is 2.25. The van der Waals surface area contributed by atoms with E-state index in [4.69, 9.17) is 10.4 Å². The van der Waals surface area contributed by atoms with Crippen molar-refractivity contribution in [3.63, 3.8) is 0 Å². The van der Waals surface area contributed by atoms with E-state index in [0.717, 1.165) is 22.8 Å². The molecule has 3 nitrogen and oxygen atoms in total. The van der Waals surface area contributed by atoms with Gasteiger partial charge in [-0.05, 0) is 30.7 Å². The van der Waals surface area contributed by atoms with Gasteiger partial charge in [0.2, 0.25) is 0 Å². The van der Waals surface area contributed by atoms with Gasteiger partial charge in [-0.15, -0.1) is 11.8 Å². The number of rotatable bonds is 6. The van der Waals surface area contributed by atoms with Gasteiger partial charge in [-0.2, -0.15) is 5.26 Å². The van der Waals surface area contributed by atoms with Crippen LogP contribution in [0, 0.1) is 17.2 Å². The molecule has 0 radical (unpaired) electrons. The molecule has 0 saturated heterocycles. The summed E-state index contributed by atoms with van der Waals surface area (Å²) in [5, 5.41) is 21.1. The summed E-state index contributed by atoms with van der Waals surface area (Å²) in [7, 11) is 1.89. The van der Waals surface area contributed by atoms with Gasteiger partial charge in [0.1, 0.15) is 6.07 Å². The van der Waals surface area contributed by atoms with Crippen LogP contribution in [-0.4, -0.2) is 24.5 Å². The fourth-order valence-electron chi connectivity index (χ4n) is 1.39. The SMILES string of the molecule is CNCc1ccc(SCC(C)CO)c(C#N)c1. The molecule has 1 aromatic rings. The van der Waals surface area contributed by atoms with Crippen LogP contribution in [0.2, 0.25) is 0 Å². The lowest BCUT2D eigenvalue weighted by Crippen LogP contribution is -2.06. The molecule has 0 spiro atoms. The van der Waals surface area contributed by atoms with E-state index in [-0.39, 0.29) is 12.5 Å². The molecule has 0 heterocycles. The summed E-state index contributed by atoms with van der Waals surface area (Å²) in [5.74, 6) is 1.08. The molecule has 2 N–H and O–H groups in total. The van der Waals surface area contributed by atoms with E-state index in [9.17, 15) is 0 Å². The number of hydrogen-bond acceptors (Lipinski definition) is 4. The first-order valence-electron chi connectivity index (χ1n) is 5.62. The molecule has 92 valence electrons. The van der Waals surface area contributed by atoms with Crippen molar-refractivity contribution in [1.82, 2.24) is 5.32 Å². The Labute approximate surface area is 107 Å². The maximum absolute atomic E-state index is 9.10. The molecule has 0 aliphatic heterocycles. The Balaban J connectivity index is 2.75. The maximum atomic E-state index is 9.10. The molecule has 0 aliphatic rings. The van der Waals surface area contributed by atoms with Gasteiger partial charge in [0, 0.05) is 23.8 Å². The average Bonchev–Trinajstić information content (AvgIpc) is 2.36. The molecule has 0 saturated carbocycles. The van der Waals surface area contributed by atoms with Crippen LogP contribution < -0.4 is 5.32 Å². The zero-order chi connectivity index (χ0) is 12.7. The number of nitrogens with one attached hydrogen (secondary N) is 1. The van der Waals surface area contributed by atoms with Crippen molar-refractivity contribution in [3.05, 3.63) is 29.3 Å². The molecule has 0 aliphatic carbocycles.